The number of anilines is 2. The molecule has 1 saturated heterocycles. The second-order valence-electron chi connectivity index (χ2n) is 7.29. The molecular formula is C19H24N6O2S. The van der Waals surface area contributed by atoms with Gasteiger partial charge in [0.2, 0.25) is 5.91 Å². The highest BCUT2D eigenvalue weighted by Gasteiger charge is 2.27. The molecule has 148 valence electrons. The molecular weight excluding hydrogens is 376 g/mol. The first-order chi connectivity index (χ1) is 13.6. The number of nitrogens with zero attached hydrogens (tertiary/aromatic N) is 4. The maximum atomic E-state index is 12.7. The minimum atomic E-state index is -0.173. The lowest BCUT2D eigenvalue weighted by Crippen LogP contribution is -2.42. The van der Waals surface area contributed by atoms with Crippen molar-refractivity contribution in [1.82, 2.24) is 20.2 Å². The van der Waals surface area contributed by atoms with Crippen molar-refractivity contribution in [2.45, 2.75) is 32.4 Å². The standard InChI is InChI=1S/C19H24N6O2S/c1-13(9-24-4-2-3-5-24)23-19(27)14-6-16-18(20-7-14)21-8-17(26)25(16)10-15-11-28-12-22-15/h6-7,11-13H,2-5,8-10H2,1H3,(H,20,21)(H,23,27). The zero-order valence-corrected chi connectivity index (χ0v) is 16.7. The van der Waals surface area contributed by atoms with E-state index < -0.39 is 0 Å². The van der Waals surface area contributed by atoms with Crippen molar-refractivity contribution in [2.24, 2.45) is 0 Å². The van der Waals surface area contributed by atoms with Gasteiger partial charge in [-0.3, -0.25) is 9.59 Å². The van der Waals surface area contributed by atoms with E-state index in [0.717, 1.165) is 25.3 Å². The Morgan fingerprint density at radius 3 is 2.93 bits per heavy atom. The molecule has 0 bridgehead atoms. The van der Waals surface area contributed by atoms with E-state index in [0.29, 0.717) is 23.6 Å². The van der Waals surface area contributed by atoms with Gasteiger partial charge in [-0.25, -0.2) is 9.97 Å². The second-order valence-corrected chi connectivity index (χ2v) is 8.01. The zero-order valence-electron chi connectivity index (χ0n) is 15.9. The average Bonchev–Trinajstić information content (AvgIpc) is 3.37. The van der Waals surface area contributed by atoms with Crippen LogP contribution in [0.2, 0.25) is 0 Å². The monoisotopic (exact) mass is 400 g/mol. The lowest BCUT2D eigenvalue weighted by molar-refractivity contribution is -0.117. The van der Waals surface area contributed by atoms with Crippen LogP contribution in [-0.2, 0) is 11.3 Å². The van der Waals surface area contributed by atoms with Gasteiger partial charge in [-0.1, -0.05) is 0 Å². The van der Waals surface area contributed by atoms with Crippen LogP contribution >= 0.6 is 11.3 Å². The highest BCUT2D eigenvalue weighted by atomic mass is 32.1. The van der Waals surface area contributed by atoms with Crippen LogP contribution in [0.15, 0.2) is 23.2 Å². The molecule has 0 aliphatic carbocycles. The molecule has 2 aromatic heterocycles. The Morgan fingerprint density at radius 1 is 1.36 bits per heavy atom. The van der Waals surface area contributed by atoms with Gasteiger partial charge in [-0.2, -0.15) is 0 Å². The molecule has 0 saturated carbocycles. The fourth-order valence-electron chi connectivity index (χ4n) is 3.66. The number of nitrogens with one attached hydrogen (secondary N) is 2. The Hall–Kier alpha value is -2.52. The predicted molar refractivity (Wildman–Crippen MR) is 109 cm³/mol. The summed E-state index contributed by atoms with van der Waals surface area (Å²) in [4.78, 5) is 37.8. The molecule has 2 amide bonds. The van der Waals surface area contributed by atoms with Crippen LogP contribution in [-0.4, -0.2) is 58.9 Å². The van der Waals surface area contributed by atoms with E-state index in [9.17, 15) is 9.59 Å². The predicted octanol–water partition coefficient (Wildman–Crippen LogP) is 1.71. The number of carbonyl (C=O) groups excluding carboxylic acids is 2. The van der Waals surface area contributed by atoms with Gasteiger partial charge >= 0.3 is 0 Å². The zero-order chi connectivity index (χ0) is 19.5. The summed E-state index contributed by atoms with van der Waals surface area (Å²) in [7, 11) is 0. The average molecular weight is 401 g/mol. The first-order valence-corrected chi connectivity index (χ1v) is 10.5. The van der Waals surface area contributed by atoms with E-state index in [1.165, 1.54) is 24.2 Å². The summed E-state index contributed by atoms with van der Waals surface area (Å²) >= 11 is 1.49. The molecule has 0 spiro atoms. The summed E-state index contributed by atoms with van der Waals surface area (Å²) in [5.74, 6) is 0.368. The van der Waals surface area contributed by atoms with Crippen molar-refractivity contribution in [3.63, 3.8) is 0 Å². The van der Waals surface area contributed by atoms with Crippen LogP contribution in [0.4, 0.5) is 11.5 Å². The number of hydrogen-bond donors (Lipinski definition) is 2. The highest BCUT2D eigenvalue weighted by molar-refractivity contribution is 7.07. The van der Waals surface area contributed by atoms with Gasteiger partial charge < -0.3 is 20.4 Å². The smallest absolute Gasteiger partial charge is 0.253 e. The molecule has 4 heterocycles. The summed E-state index contributed by atoms with van der Waals surface area (Å²) in [5.41, 5.74) is 3.63. The molecule has 1 atom stereocenters. The maximum absolute atomic E-state index is 12.7. The second kappa shape index (κ2) is 8.24. The van der Waals surface area contributed by atoms with Crippen LogP contribution < -0.4 is 15.5 Å². The topological polar surface area (TPSA) is 90.5 Å². The molecule has 2 aliphatic rings. The molecule has 0 aromatic carbocycles. The van der Waals surface area contributed by atoms with Crippen LogP contribution in [0.5, 0.6) is 0 Å². The Morgan fingerprint density at radius 2 is 2.18 bits per heavy atom. The van der Waals surface area contributed by atoms with Gasteiger partial charge in [0, 0.05) is 24.2 Å². The summed E-state index contributed by atoms with van der Waals surface area (Å²) in [6, 6.07) is 1.78. The van der Waals surface area contributed by atoms with Crippen LogP contribution in [0.3, 0.4) is 0 Å². The summed E-state index contributed by atoms with van der Waals surface area (Å²) in [5, 5.41) is 7.98. The van der Waals surface area contributed by atoms with Crippen molar-refractivity contribution in [1.29, 1.82) is 0 Å². The third-order valence-corrected chi connectivity index (χ3v) is 5.68. The minimum absolute atomic E-state index is 0.0486. The molecule has 8 nitrogen and oxygen atoms in total. The highest BCUT2D eigenvalue weighted by Crippen LogP contribution is 2.29. The number of hydrogen-bond acceptors (Lipinski definition) is 7. The van der Waals surface area contributed by atoms with Crippen molar-refractivity contribution in [2.75, 3.05) is 36.4 Å². The van der Waals surface area contributed by atoms with Crippen LogP contribution in [0, 0.1) is 0 Å². The number of fused-ring (bicyclic) bond motifs is 1. The van der Waals surface area contributed by atoms with Gasteiger partial charge in [-0.15, -0.1) is 11.3 Å². The number of thiazole rings is 1. The van der Waals surface area contributed by atoms with Gasteiger partial charge in [-0.05, 0) is 38.9 Å². The van der Waals surface area contributed by atoms with Gasteiger partial charge in [0.15, 0.2) is 5.82 Å². The quantitative estimate of drug-likeness (QED) is 0.767. The SMILES string of the molecule is CC(CN1CCCC1)NC(=O)c1cnc2c(c1)N(Cc1cscn1)C(=O)CN2. The Bertz CT molecular complexity index is 850. The normalized spacial score (nSPS) is 17.9. The number of carbonyl (C=O) groups is 2. The molecule has 9 heteroatoms. The third kappa shape index (κ3) is 4.15. The van der Waals surface area contributed by atoms with Gasteiger partial charge in [0.1, 0.15) is 0 Å². The summed E-state index contributed by atoms with van der Waals surface area (Å²) < 4.78 is 0. The van der Waals surface area contributed by atoms with E-state index in [-0.39, 0.29) is 24.4 Å². The molecule has 1 fully saturated rings. The van der Waals surface area contributed by atoms with Crippen molar-refractivity contribution >= 4 is 34.7 Å². The van der Waals surface area contributed by atoms with Crippen LogP contribution in [0.25, 0.3) is 0 Å². The maximum Gasteiger partial charge on any atom is 0.253 e. The molecule has 2 N–H and O–H groups in total. The fourth-order valence-corrected chi connectivity index (χ4v) is 4.21. The first-order valence-electron chi connectivity index (χ1n) is 9.55. The van der Waals surface area contributed by atoms with E-state index in [4.69, 9.17) is 0 Å². The van der Waals surface area contributed by atoms with Crippen molar-refractivity contribution in [3.05, 3.63) is 34.4 Å². The summed E-state index contributed by atoms with van der Waals surface area (Å²) in [6.07, 6.45) is 4.01. The lowest BCUT2D eigenvalue weighted by atomic mass is 10.1. The molecule has 28 heavy (non-hydrogen) atoms. The number of amides is 2. The number of rotatable bonds is 6. The van der Waals surface area contributed by atoms with Crippen molar-refractivity contribution in [3.8, 4) is 0 Å². The Balaban J connectivity index is 1.49. The summed E-state index contributed by atoms with van der Waals surface area (Å²) in [6.45, 7) is 5.61. The molecule has 0 radical (unpaired) electrons. The van der Waals surface area contributed by atoms with E-state index in [1.54, 1.807) is 22.7 Å². The van der Waals surface area contributed by atoms with E-state index in [2.05, 4.69) is 25.5 Å². The van der Waals surface area contributed by atoms with E-state index >= 15 is 0 Å². The van der Waals surface area contributed by atoms with Gasteiger partial charge in [0.25, 0.3) is 5.91 Å². The minimum Gasteiger partial charge on any atom is -0.359 e. The Labute approximate surface area is 168 Å². The molecule has 2 aromatic rings. The van der Waals surface area contributed by atoms with Crippen LogP contribution in [0.1, 0.15) is 35.8 Å². The Kier molecular flexibility index (Phi) is 5.54. The number of aromatic nitrogens is 2. The third-order valence-electron chi connectivity index (χ3n) is 5.04. The first kappa shape index (κ1) is 18.8. The van der Waals surface area contributed by atoms with Crippen molar-refractivity contribution < 1.29 is 9.59 Å². The largest absolute Gasteiger partial charge is 0.359 e. The fraction of sp³-hybridized carbons (Fsp3) is 0.474. The molecule has 2 aliphatic heterocycles. The van der Waals surface area contributed by atoms with Gasteiger partial charge in [0.05, 0.1) is 35.5 Å². The number of likely N-dealkylation sites (tertiary alicyclic amines) is 1. The lowest BCUT2D eigenvalue weighted by Gasteiger charge is -2.29. The number of pyridine rings is 1. The van der Waals surface area contributed by atoms with E-state index in [1.807, 2.05) is 12.3 Å². The molecule has 4 rings (SSSR count). The molecule has 1 unspecified atom stereocenters.